The first kappa shape index (κ1) is 18.5. The van der Waals surface area contributed by atoms with Crippen molar-refractivity contribution in [3.05, 3.63) is 0 Å². The van der Waals surface area contributed by atoms with Crippen molar-refractivity contribution in [2.45, 2.75) is 110 Å². The van der Waals surface area contributed by atoms with Gasteiger partial charge in [-0.15, -0.1) is 0 Å². The Kier molecular flexibility index (Phi) is 10.6. The predicted octanol–water partition coefficient (Wildman–Crippen LogP) is 6.03. The van der Waals surface area contributed by atoms with Gasteiger partial charge in [-0.25, -0.2) is 0 Å². The highest BCUT2D eigenvalue weighted by atomic mass is 16.5. The molecule has 2 nitrogen and oxygen atoms in total. The van der Waals surface area contributed by atoms with E-state index < -0.39 is 0 Å². The molecule has 0 radical (unpaired) electrons. The van der Waals surface area contributed by atoms with Crippen molar-refractivity contribution < 1.29 is 9.53 Å². The number of ether oxygens (including phenoxy) is 1. The van der Waals surface area contributed by atoms with Gasteiger partial charge < -0.3 is 4.74 Å². The molecule has 1 rings (SSSR count). The van der Waals surface area contributed by atoms with Gasteiger partial charge in [0.05, 0.1) is 5.92 Å². The average Bonchev–Trinajstić information content (AvgIpc) is 3.31. The maximum atomic E-state index is 11.8. The Bertz CT molecular complexity index is 258. The van der Waals surface area contributed by atoms with E-state index in [1.807, 2.05) is 0 Å². The Morgan fingerprint density at radius 2 is 1.38 bits per heavy atom. The smallest absolute Gasteiger partial charge is 0.309 e. The number of hydrogen-bond acceptors (Lipinski definition) is 2. The van der Waals surface area contributed by atoms with Gasteiger partial charge in [0.15, 0.2) is 0 Å². The van der Waals surface area contributed by atoms with Crippen LogP contribution in [0.5, 0.6) is 0 Å². The van der Waals surface area contributed by atoms with E-state index in [2.05, 4.69) is 13.8 Å². The lowest BCUT2D eigenvalue weighted by Crippen LogP contribution is -2.19. The Morgan fingerprint density at radius 3 is 1.95 bits per heavy atom. The van der Waals surface area contributed by atoms with Crippen LogP contribution < -0.4 is 0 Å². The third kappa shape index (κ3) is 9.92. The lowest BCUT2D eigenvalue weighted by Gasteiger charge is -2.17. The number of carbonyl (C=O) groups is 1. The zero-order valence-electron chi connectivity index (χ0n) is 14.4. The van der Waals surface area contributed by atoms with Crippen molar-refractivity contribution in [3.63, 3.8) is 0 Å². The topological polar surface area (TPSA) is 26.3 Å². The quantitative estimate of drug-likeness (QED) is 0.289. The van der Waals surface area contributed by atoms with E-state index in [9.17, 15) is 4.79 Å². The van der Waals surface area contributed by atoms with Crippen molar-refractivity contribution >= 4 is 5.97 Å². The first-order chi connectivity index (χ1) is 10.3. The van der Waals surface area contributed by atoms with Gasteiger partial charge in [0.1, 0.15) is 6.10 Å². The summed E-state index contributed by atoms with van der Waals surface area (Å²) in [5.41, 5.74) is 0. The first-order valence-corrected chi connectivity index (χ1v) is 9.48. The lowest BCUT2D eigenvalue weighted by atomic mass is 10.0. The van der Waals surface area contributed by atoms with Crippen molar-refractivity contribution in [2.24, 2.45) is 5.92 Å². The van der Waals surface area contributed by atoms with Crippen molar-refractivity contribution in [3.8, 4) is 0 Å². The molecule has 0 bridgehead atoms. The van der Waals surface area contributed by atoms with E-state index in [1.54, 1.807) is 0 Å². The van der Waals surface area contributed by atoms with E-state index in [4.69, 9.17) is 4.74 Å². The number of carbonyl (C=O) groups excluding carboxylic acids is 1. The summed E-state index contributed by atoms with van der Waals surface area (Å²) in [7, 11) is 0. The van der Waals surface area contributed by atoms with Crippen LogP contribution in [0.1, 0.15) is 104 Å². The fraction of sp³-hybridized carbons (Fsp3) is 0.947. The Hall–Kier alpha value is -0.530. The number of rotatable bonds is 14. The normalized spacial score (nSPS) is 15.9. The monoisotopic (exact) mass is 296 g/mol. The fourth-order valence-electron chi connectivity index (χ4n) is 2.78. The molecule has 0 spiro atoms. The summed E-state index contributed by atoms with van der Waals surface area (Å²) in [4.78, 5) is 11.8. The molecule has 0 aromatic carbocycles. The Labute approximate surface area is 132 Å². The van der Waals surface area contributed by atoms with Gasteiger partial charge in [0.25, 0.3) is 0 Å². The minimum absolute atomic E-state index is 0.0793. The standard InChI is InChI=1S/C19H36O2/c1-3-5-7-8-9-10-11-12-14-18(13-6-4-2)21-19(20)17-15-16-17/h17-18H,3-16H2,1-2H3. The molecule has 0 N–H and O–H groups in total. The molecule has 0 aliphatic heterocycles. The van der Waals surface area contributed by atoms with Crippen molar-refractivity contribution in [1.29, 1.82) is 0 Å². The van der Waals surface area contributed by atoms with E-state index >= 15 is 0 Å². The Balaban J connectivity index is 2.03. The number of unbranched alkanes of at least 4 members (excludes halogenated alkanes) is 8. The minimum atomic E-state index is 0.0793. The van der Waals surface area contributed by atoms with E-state index in [0.29, 0.717) is 0 Å². The van der Waals surface area contributed by atoms with E-state index in [-0.39, 0.29) is 18.0 Å². The zero-order valence-corrected chi connectivity index (χ0v) is 14.4. The SMILES string of the molecule is CCCCCCCCCCC(CCCC)OC(=O)C1CC1. The van der Waals surface area contributed by atoms with E-state index in [0.717, 1.165) is 25.7 Å². The van der Waals surface area contributed by atoms with Gasteiger partial charge in [0, 0.05) is 0 Å². The lowest BCUT2D eigenvalue weighted by molar-refractivity contribution is -0.151. The molecule has 1 aliphatic carbocycles. The predicted molar refractivity (Wildman–Crippen MR) is 89.4 cm³/mol. The fourth-order valence-corrected chi connectivity index (χ4v) is 2.78. The van der Waals surface area contributed by atoms with Crippen LogP contribution in [0.4, 0.5) is 0 Å². The number of hydrogen-bond donors (Lipinski definition) is 0. The molecule has 1 atom stereocenters. The van der Waals surface area contributed by atoms with Crippen LogP contribution in [-0.2, 0) is 9.53 Å². The molecule has 1 fully saturated rings. The van der Waals surface area contributed by atoms with Crippen LogP contribution in [0.3, 0.4) is 0 Å². The van der Waals surface area contributed by atoms with Gasteiger partial charge >= 0.3 is 5.97 Å². The second kappa shape index (κ2) is 12.1. The van der Waals surface area contributed by atoms with Gasteiger partial charge in [-0.05, 0) is 32.1 Å². The highest BCUT2D eigenvalue weighted by molar-refractivity contribution is 5.75. The Morgan fingerprint density at radius 1 is 0.857 bits per heavy atom. The van der Waals surface area contributed by atoms with Crippen LogP contribution in [0.15, 0.2) is 0 Å². The molecule has 2 heteroatoms. The third-order valence-corrected chi connectivity index (χ3v) is 4.45. The average molecular weight is 296 g/mol. The van der Waals surface area contributed by atoms with Gasteiger partial charge in [-0.1, -0.05) is 71.6 Å². The van der Waals surface area contributed by atoms with Gasteiger partial charge in [-0.2, -0.15) is 0 Å². The summed E-state index contributed by atoms with van der Waals surface area (Å²) in [6, 6.07) is 0. The van der Waals surface area contributed by atoms with Crippen molar-refractivity contribution in [2.75, 3.05) is 0 Å². The summed E-state index contributed by atoms with van der Waals surface area (Å²) in [6.45, 7) is 4.47. The molecule has 21 heavy (non-hydrogen) atoms. The summed E-state index contributed by atoms with van der Waals surface area (Å²) in [6.07, 6.45) is 17.6. The molecule has 0 heterocycles. The summed E-state index contributed by atoms with van der Waals surface area (Å²) in [5, 5.41) is 0. The summed E-state index contributed by atoms with van der Waals surface area (Å²) < 4.78 is 5.70. The third-order valence-electron chi connectivity index (χ3n) is 4.45. The molecule has 1 aliphatic rings. The van der Waals surface area contributed by atoms with Crippen LogP contribution in [0.25, 0.3) is 0 Å². The number of esters is 1. The largest absolute Gasteiger partial charge is 0.462 e. The maximum Gasteiger partial charge on any atom is 0.309 e. The second-order valence-electron chi connectivity index (χ2n) is 6.74. The molecular formula is C19H36O2. The second-order valence-corrected chi connectivity index (χ2v) is 6.74. The minimum Gasteiger partial charge on any atom is -0.462 e. The zero-order chi connectivity index (χ0) is 15.3. The molecular weight excluding hydrogens is 260 g/mol. The molecule has 0 amide bonds. The molecule has 1 unspecified atom stereocenters. The molecule has 0 aromatic rings. The van der Waals surface area contributed by atoms with Gasteiger partial charge in [-0.3, -0.25) is 4.79 Å². The van der Waals surface area contributed by atoms with Crippen molar-refractivity contribution in [1.82, 2.24) is 0 Å². The highest BCUT2D eigenvalue weighted by Gasteiger charge is 2.32. The summed E-state index contributed by atoms with van der Waals surface area (Å²) >= 11 is 0. The van der Waals surface area contributed by atoms with Crippen LogP contribution in [-0.4, -0.2) is 12.1 Å². The van der Waals surface area contributed by atoms with Gasteiger partial charge in [0.2, 0.25) is 0 Å². The highest BCUT2D eigenvalue weighted by Crippen LogP contribution is 2.31. The molecule has 0 saturated heterocycles. The first-order valence-electron chi connectivity index (χ1n) is 9.48. The maximum absolute atomic E-state index is 11.8. The van der Waals surface area contributed by atoms with Crippen LogP contribution in [0, 0.1) is 5.92 Å². The molecule has 1 saturated carbocycles. The van der Waals surface area contributed by atoms with Crippen LogP contribution in [0.2, 0.25) is 0 Å². The van der Waals surface area contributed by atoms with Crippen LogP contribution >= 0.6 is 0 Å². The molecule has 0 aromatic heterocycles. The van der Waals surface area contributed by atoms with E-state index in [1.165, 1.54) is 64.2 Å². The molecule has 124 valence electrons. The summed E-state index contributed by atoms with van der Waals surface area (Å²) in [5.74, 6) is 0.323.